The van der Waals surface area contributed by atoms with E-state index in [9.17, 15) is 9.59 Å². The van der Waals surface area contributed by atoms with Crippen molar-refractivity contribution in [2.24, 2.45) is 5.73 Å². The molecule has 1 aliphatic rings. The van der Waals surface area contributed by atoms with Crippen LogP contribution in [0.4, 0.5) is 4.79 Å². The molecule has 0 spiro atoms. The van der Waals surface area contributed by atoms with E-state index >= 15 is 0 Å². The van der Waals surface area contributed by atoms with Crippen LogP contribution in [-0.2, 0) is 9.53 Å². The Hall–Kier alpha value is -2.79. The lowest BCUT2D eigenvalue weighted by molar-refractivity contribution is -0.132. The van der Waals surface area contributed by atoms with Crippen molar-refractivity contribution < 1.29 is 14.3 Å². The number of primary amides is 1. The fraction of sp³-hybridized carbons (Fsp3) is 0.0556. The van der Waals surface area contributed by atoms with Gasteiger partial charge in [0.05, 0.1) is 0 Å². The van der Waals surface area contributed by atoms with Gasteiger partial charge in [-0.1, -0.05) is 61.3 Å². The summed E-state index contributed by atoms with van der Waals surface area (Å²) in [5.74, 6) is -0.789. The van der Waals surface area contributed by atoms with Gasteiger partial charge >= 0.3 is 12.1 Å². The Morgan fingerprint density at radius 1 is 1.13 bits per heavy atom. The van der Waals surface area contributed by atoms with Crippen molar-refractivity contribution in [1.29, 1.82) is 0 Å². The van der Waals surface area contributed by atoms with E-state index in [4.69, 9.17) is 12.2 Å². The standard InChI is InChI=1S/C13H8S.C5H7NO3/c14-12-8-7-10-4-1-3-9-5-2-6-11(12)13(9)10;1-3(2)4(7)9-5(6)8/h1-8H;1H2,2H3,(H2,6,8). The third-order valence-corrected chi connectivity index (χ3v) is 3.51. The molecule has 116 valence electrons. The number of rotatable bonds is 1. The Bertz CT molecular complexity index is 847. The highest BCUT2D eigenvalue weighted by Crippen LogP contribution is 2.28. The smallest absolute Gasteiger partial charge is 0.373 e. The summed E-state index contributed by atoms with van der Waals surface area (Å²) < 4.78 is 3.91. The maximum Gasteiger partial charge on any atom is 0.412 e. The normalized spacial score (nSPS) is 11.4. The summed E-state index contributed by atoms with van der Waals surface area (Å²) in [4.78, 5) is 21.1. The molecule has 2 N–H and O–H groups in total. The second kappa shape index (κ2) is 6.98. The first kappa shape index (κ1) is 16.6. The van der Waals surface area contributed by atoms with Crippen molar-refractivity contribution in [3.8, 4) is 0 Å². The fourth-order valence-corrected chi connectivity index (χ4v) is 2.39. The predicted octanol–water partition coefficient (Wildman–Crippen LogP) is 3.77. The topological polar surface area (TPSA) is 69.4 Å². The van der Waals surface area contributed by atoms with Crippen LogP contribution in [0.1, 0.15) is 18.1 Å². The van der Waals surface area contributed by atoms with Gasteiger partial charge in [-0.2, -0.15) is 0 Å². The van der Waals surface area contributed by atoms with Crippen molar-refractivity contribution in [3.05, 3.63) is 65.8 Å². The number of carbonyl (C=O) groups excluding carboxylic acids is 2. The molecule has 0 saturated heterocycles. The number of hydrogen-bond donors (Lipinski definition) is 1. The lowest BCUT2D eigenvalue weighted by Crippen LogP contribution is -2.18. The molecule has 1 aliphatic carbocycles. The van der Waals surface area contributed by atoms with E-state index < -0.39 is 12.1 Å². The number of ether oxygens (including phenoxy) is 1. The third-order valence-electron chi connectivity index (χ3n) is 3.16. The molecule has 5 heteroatoms. The Labute approximate surface area is 139 Å². The van der Waals surface area contributed by atoms with E-state index in [2.05, 4.69) is 59.5 Å². The van der Waals surface area contributed by atoms with Crippen LogP contribution in [0.5, 0.6) is 0 Å². The van der Waals surface area contributed by atoms with Gasteiger partial charge in [0, 0.05) is 16.0 Å². The van der Waals surface area contributed by atoms with Gasteiger partial charge in [0.15, 0.2) is 0 Å². The molecule has 2 aromatic rings. The Kier molecular flexibility index (Phi) is 5.03. The molecule has 0 radical (unpaired) electrons. The average Bonchev–Trinajstić information content (AvgIpc) is 2.51. The highest BCUT2D eigenvalue weighted by atomic mass is 32.1. The molecule has 1 amide bonds. The Balaban J connectivity index is 0.000000188. The van der Waals surface area contributed by atoms with Gasteiger partial charge in [0.1, 0.15) is 0 Å². The average molecular weight is 325 g/mol. The van der Waals surface area contributed by atoms with Crippen molar-refractivity contribution in [2.75, 3.05) is 0 Å². The maximum atomic E-state index is 10.3. The number of esters is 1. The lowest BCUT2D eigenvalue weighted by Gasteiger charge is -2.12. The number of thiocarbonyl (C=S) groups is 1. The molecular formula is C18H15NO3S. The summed E-state index contributed by atoms with van der Waals surface area (Å²) >= 11 is 5.31. The molecule has 0 fully saturated rings. The summed E-state index contributed by atoms with van der Waals surface area (Å²) in [6.45, 7) is 4.65. The van der Waals surface area contributed by atoms with Crippen molar-refractivity contribution in [3.63, 3.8) is 0 Å². The number of nitrogens with two attached hydrogens (primary N) is 1. The van der Waals surface area contributed by atoms with E-state index in [1.165, 1.54) is 28.8 Å². The predicted molar refractivity (Wildman–Crippen MR) is 95.2 cm³/mol. The molecule has 0 bridgehead atoms. The molecule has 0 unspecified atom stereocenters. The second-order valence-electron chi connectivity index (χ2n) is 4.94. The van der Waals surface area contributed by atoms with Gasteiger partial charge in [0.25, 0.3) is 0 Å². The van der Waals surface area contributed by atoms with E-state index in [-0.39, 0.29) is 5.57 Å². The molecule has 3 rings (SSSR count). The SMILES string of the molecule is C=C(C)C(=O)OC(N)=O.S=C1C=Cc2cccc3cccc1c23. The summed E-state index contributed by atoms with van der Waals surface area (Å²) in [6, 6.07) is 12.6. The van der Waals surface area contributed by atoms with Gasteiger partial charge in [-0.3, -0.25) is 0 Å². The first-order valence-corrected chi connectivity index (χ1v) is 7.22. The first-order valence-electron chi connectivity index (χ1n) is 6.81. The van der Waals surface area contributed by atoms with Gasteiger partial charge in [0.2, 0.25) is 0 Å². The highest BCUT2D eigenvalue weighted by Gasteiger charge is 2.10. The number of amides is 1. The molecule has 0 aliphatic heterocycles. The minimum Gasteiger partial charge on any atom is -0.373 e. The quantitative estimate of drug-likeness (QED) is 0.375. The largest absolute Gasteiger partial charge is 0.412 e. The van der Waals surface area contributed by atoms with Gasteiger partial charge < -0.3 is 10.5 Å². The maximum absolute atomic E-state index is 10.3. The van der Waals surface area contributed by atoms with E-state index in [1.807, 2.05) is 6.08 Å². The lowest BCUT2D eigenvalue weighted by atomic mass is 9.93. The molecular weight excluding hydrogens is 310 g/mol. The van der Waals surface area contributed by atoms with Gasteiger partial charge in [-0.25, -0.2) is 9.59 Å². The highest BCUT2D eigenvalue weighted by molar-refractivity contribution is 7.81. The third kappa shape index (κ3) is 3.90. The van der Waals surface area contributed by atoms with E-state index in [0.29, 0.717) is 0 Å². The van der Waals surface area contributed by atoms with Crippen LogP contribution in [0.2, 0.25) is 0 Å². The molecule has 23 heavy (non-hydrogen) atoms. The number of benzene rings is 2. The zero-order valence-electron chi connectivity index (χ0n) is 12.5. The van der Waals surface area contributed by atoms with Gasteiger partial charge in [-0.15, -0.1) is 0 Å². The molecule has 0 heterocycles. The zero-order valence-corrected chi connectivity index (χ0v) is 13.4. The first-order chi connectivity index (χ1) is 10.9. The summed E-state index contributed by atoms with van der Waals surface area (Å²) in [6.07, 6.45) is 2.99. The monoisotopic (exact) mass is 325 g/mol. The minimum absolute atomic E-state index is 0.147. The van der Waals surface area contributed by atoms with Crippen molar-refractivity contribution in [1.82, 2.24) is 0 Å². The number of carbonyl (C=O) groups is 2. The molecule has 2 aromatic carbocycles. The fourth-order valence-electron chi connectivity index (χ4n) is 2.15. The Morgan fingerprint density at radius 3 is 2.35 bits per heavy atom. The van der Waals surface area contributed by atoms with Crippen LogP contribution < -0.4 is 5.73 Å². The molecule has 0 atom stereocenters. The van der Waals surface area contributed by atoms with Crippen molar-refractivity contribution >= 4 is 46.0 Å². The van der Waals surface area contributed by atoms with Gasteiger partial charge in [-0.05, 0) is 29.3 Å². The van der Waals surface area contributed by atoms with Crippen LogP contribution in [0.15, 0.2) is 54.6 Å². The minimum atomic E-state index is -1.11. The molecule has 0 aromatic heterocycles. The molecule has 4 nitrogen and oxygen atoms in total. The summed E-state index contributed by atoms with van der Waals surface area (Å²) in [5.41, 5.74) is 7.12. The zero-order chi connectivity index (χ0) is 17.0. The van der Waals surface area contributed by atoms with E-state index in [1.54, 1.807) is 0 Å². The summed E-state index contributed by atoms with van der Waals surface area (Å²) in [5, 5.41) is 2.56. The van der Waals surface area contributed by atoms with Crippen LogP contribution in [0.3, 0.4) is 0 Å². The number of hydrogen-bond acceptors (Lipinski definition) is 4. The number of allylic oxidation sites excluding steroid dienone is 1. The van der Waals surface area contributed by atoms with Crippen LogP contribution in [0.25, 0.3) is 16.8 Å². The summed E-state index contributed by atoms with van der Waals surface area (Å²) in [7, 11) is 0. The molecule has 0 saturated carbocycles. The second-order valence-corrected chi connectivity index (χ2v) is 5.38. The van der Waals surface area contributed by atoms with Crippen molar-refractivity contribution in [2.45, 2.75) is 6.92 Å². The van der Waals surface area contributed by atoms with Crippen LogP contribution in [-0.4, -0.2) is 16.9 Å². The van der Waals surface area contributed by atoms with E-state index in [0.717, 1.165) is 4.86 Å². The Morgan fingerprint density at radius 2 is 1.78 bits per heavy atom. The van der Waals surface area contributed by atoms with Crippen LogP contribution in [0, 0.1) is 0 Å². The van der Waals surface area contributed by atoms with Crippen LogP contribution >= 0.6 is 12.2 Å².